The summed E-state index contributed by atoms with van der Waals surface area (Å²) < 4.78 is 4.84. The first-order valence-corrected chi connectivity index (χ1v) is 4.16. The molecule has 0 aliphatic rings. The Morgan fingerprint density at radius 3 is 3.07 bits per heavy atom. The van der Waals surface area contributed by atoms with Gasteiger partial charge in [0.05, 0.1) is 29.8 Å². The number of nitrogens with two attached hydrogens (primary N) is 1. The minimum absolute atomic E-state index is 0.599. The molecular weight excluding hydrogens is 180 g/mol. The van der Waals surface area contributed by atoms with Crippen LogP contribution in [0.2, 0.25) is 0 Å². The molecule has 0 amide bonds. The van der Waals surface area contributed by atoms with Crippen LogP contribution < -0.4 is 11.1 Å². The molecule has 5 nitrogen and oxygen atoms in total. The fourth-order valence-corrected chi connectivity index (χ4v) is 1.07. The highest BCUT2D eigenvalue weighted by Gasteiger charge is 1.96. The third-order valence-corrected chi connectivity index (χ3v) is 1.72. The molecule has 0 radical (unpaired) electrons. The van der Waals surface area contributed by atoms with Crippen LogP contribution in [0.3, 0.4) is 0 Å². The van der Waals surface area contributed by atoms with E-state index in [9.17, 15) is 0 Å². The summed E-state index contributed by atoms with van der Waals surface area (Å²) in [6.07, 6.45) is 6.29. The van der Waals surface area contributed by atoms with Crippen molar-refractivity contribution >= 4 is 11.4 Å². The lowest BCUT2D eigenvalue weighted by Crippen LogP contribution is -2.00. The fourth-order valence-electron chi connectivity index (χ4n) is 1.07. The number of oxazole rings is 1. The summed E-state index contributed by atoms with van der Waals surface area (Å²) in [5.41, 5.74) is 7.91. The predicted molar refractivity (Wildman–Crippen MR) is 52.5 cm³/mol. The van der Waals surface area contributed by atoms with Crippen LogP contribution in [0.5, 0.6) is 0 Å². The maximum absolute atomic E-state index is 5.57. The normalized spacial score (nSPS) is 10.0. The lowest BCUT2D eigenvalue weighted by atomic mass is 10.3. The predicted octanol–water partition coefficient (Wildman–Crippen LogP) is 1.26. The van der Waals surface area contributed by atoms with Gasteiger partial charge in [0.1, 0.15) is 6.26 Å². The molecule has 2 aromatic rings. The molecule has 14 heavy (non-hydrogen) atoms. The molecule has 0 fully saturated rings. The van der Waals surface area contributed by atoms with Gasteiger partial charge in [0.2, 0.25) is 0 Å². The zero-order valence-electron chi connectivity index (χ0n) is 7.47. The van der Waals surface area contributed by atoms with Crippen LogP contribution in [0.25, 0.3) is 0 Å². The number of hydrogen-bond acceptors (Lipinski definition) is 5. The third-order valence-electron chi connectivity index (χ3n) is 1.72. The summed E-state index contributed by atoms with van der Waals surface area (Å²) in [7, 11) is 0. The molecule has 0 saturated carbocycles. The number of nitrogens with zero attached hydrogens (tertiary/aromatic N) is 2. The Morgan fingerprint density at radius 1 is 1.43 bits per heavy atom. The summed E-state index contributed by atoms with van der Waals surface area (Å²) in [5.74, 6) is 0. The molecule has 2 rings (SSSR count). The Morgan fingerprint density at radius 2 is 2.36 bits per heavy atom. The molecule has 0 atom stereocenters. The molecule has 0 spiro atoms. The average molecular weight is 190 g/mol. The Bertz CT molecular complexity index is 399. The second-order valence-electron chi connectivity index (χ2n) is 2.84. The maximum Gasteiger partial charge on any atom is 0.180 e. The summed E-state index contributed by atoms with van der Waals surface area (Å²) >= 11 is 0. The van der Waals surface area contributed by atoms with Crippen molar-refractivity contribution in [3.05, 3.63) is 36.8 Å². The van der Waals surface area contributed by atoms with Gasteiger partial charge in [-0.1, -0.05) is 0 Å². The lowest BCUT2D eigenvalue weighted by molar-refractivity contribution is 0.556. The van der Waals surface area contributed by atoms with Crippen molar-refractivity contribution in [2.24, 2.45) is 0 Å². The molecule has 0 aromatic carbocycles. The van der Waals surface area contributed by atoms with Gasteiger partial charge >= 0.3 is 0 Å². The highest BCUT2D eigenvalue weighted by atomic mass is 16.3. The number of hydrogen-bond donors (Lipinski definition) is 2. The molecule has 5 heteroatoms. The number of nitrogen functional groups attached to an aromatic ring is 1. The van der Waals surface area contributed by atoms with E-state index in [0.29, 0.717) is 12.2 Å². The molecule has 2 heterocycles. The molecule has 0 bridgehead atoms. The third kappa shape index (κ3) is 2.01. The molecular formula is C9H10N4O. The SMILES string of the molecule is Nc1cncc(NCc2cocn2)c1. The second kappa shape index (κ2) is 3.78. The Hall–Kier alpha value is -2.04. The number of aromatic nitrogens is 2. The van der Waals surface area contributed by atoms with E-state index >= 15 is 0 Å². The van der Waals surface area contributed by atoms with Crippen LogP contribution in [-0.4, -0.2) is 9.97 Å². The van der Waals surface area contributed by atoms with Gasteiger partial charge in [-0.15, -0.1) is 0 Å². The summed E-state index contributed by atoms with van der Waals surface area (Å²) in [6, 6.07) is 1.81. The molecule has 0 aliphatic carbocycles. The summed E-state index contributed by atoms with van der Waals surface area (Å²) in [4.78, 5) is 7.93. The average Bonchev–Trinajstić information content (AvgIpc) is 2.67. The van der Waals surface area contributed by atoms with E-state index in [2.05, 4.69) is 15.3 Å². The van der Waals surface area contributed by atoms with E-state index in [1.807, 2.05) is 6.07 Å². The number of nitrogens with one attached hydrogen (secondary N) is 1. The van der Waals surface area contributed by atoms with E-state index in [1.165, 1.54) is 6.39 Å². The number of anilines is 2. The van der Waals surface area contributed by atoms with Gasteiger partial charge in [0, 0.05) is 6.20 Å². The summed E-state index contributed by atoms with van der Waals surface area (Å²) in [6.45, 7) is 0.599. The first-order chi connectivity index (χ1) is 6.84. The van der Waals surface area contributed by atoms with Gasteiger partial charge in [-0.05, 0) is 6.07 Å². The van der Waals surface area contributed by atoms with Gasteiger partial charge in [-0.25, -0.2) is 4.98 Å². The maximum atomic E-state index is 5.57. The van der Waals surface area contributed by atoms with E-state index < -0.39 is 0 Å². The van der Waals surface area contributed by atoms with Crippen molar-refractivity contribution in [2.75, 3.05) is 11.1 Å². The van der Waals surface area contributed by atoms with E-state index in [4.69, 9.17) is 10.2 Å². The summed E-state index contributed by atoms with van der Waals surface area (Å²) in [5, 5.41) is 3.12. The van der Waals surface area contributed by atoms with Gasteiger partial charge in [0.15, 0.2) is 6.39 Å². The second-order valence-corrected chi connectivity index (χ2v) is 2.84. The topological polar surface area (TPSA) is 77.0 Å². The van der Waals surface area contributed by atoms with Crippen molar-refractivity contribution in [1.82, 2.24) is 9.97 Å². The van der Waals surface area contributed by atoms with E-state index in [0.717, 1.165) is 11.4 Å². The van der Waals surface area contributed by atoms with Crippen LogP contribution in [0.1, 0.15) is 5.69 Å². The monoisotopic (exact) mass is 190 g/mol. The van der Waals surface area contributed by atoms with Crippen molar-refractivity contribution in [2.45, 2.75) is 6.54 Å². The van der Waals surface area contributed by atoms with E-state index in [1.54, 1.807) is 18.7 Å². The minimum Gasteiger partial charge on any atom is -0.451 e. The smallest absolute Gasteiger partial charge is 0.180 e. The number of pyridine rings is 1. The minimum atomic E-state index is 0.599. The van der Waals surface area contributed by atoms with Crippen LogP contribution >= 0.6 is 0 Å². The van der Waals surface area contributed by atoms with Crippen LogP contribution in [0.15, 0.2) is 35.5 Å². The van der Waals surface area contributed by atoms with Crippen molar-refractivity contribution < 1.29 is 4.42 Å². The van der Waals surface area contributed by atoms with E-state index in [-0.39, 0.29) is 0 Å². The fraction of sp³-hybridized carbons (Fsp3) is 0.111. The van der Waals surface area contributed by atoms with Gasteiger partial charge in [-0.3, -0.25) is 4.98 Å². The standard InChI is InChI=1S/C9H10N4O/c10-7-1-8(3-11-2-7)12-4-9-5-14-6-13-9/h1-3,5-6,12H,4,10H2. The van der Waals surface area contributed by atoms with Crippen LogP contribution in [0, 0.1) is 0 Å². The molecule has 2 aromatic heterocycles. The quantitative estimate of drug-likeness (QED) is 0.762. The molecule has 3 N–H and O–H groups in total. The highest BCUT2D eigenvalue weighted by Crippen LogP contribution is 2.10. The van der Waals surface area contributed by atoms with Crippen molar-refractivity contribution in [3.8, 4) is 0 Å². The molecule has 0 saturated heterocycles. The van der Waals surface area contributed by atoms with Crippen LogP contribution in [0.4, 0.5) is 11.4 Å². The molecule has 72 valence electrons. The zero-order valence-corrected chi connectivity index (χ0v) is 7.47. The van der Waals surface area contributed by atoms with Gasteiger partial charge < -0.3 is 15.5 Å². The van der Waals surface area contributed by atoms with Gasteiger partial charge in [0.25, 0.3) is 0 Å². The van der Waals surface area contributed by atoms with Crippen LogP contribution in [-0.2, 0) is 6.54 Å². The highest BCUT2D eigenvalue weighted by molar-refractivity contribution is 5.51. The molecule has 0 unspecified atom stereocenters. The number of rotatable bonds is 3. The molecule has 0 aliphatic heterocycles. The first-order valence-electron chi connectivity index (χ1n) is 4.16. The van der Waals surface area contributed by atoms with Gasteiger partial charge in [-0.2, -0.15) is 0 Å². The largest absolute Gasteiger partial charge is 0.451 e. The Kier molecular flexibility index (Phi) is 2.31. The van der Waals surface area contributed by atoms with Crippen molar-refractivity contribution in [1.29, 1.82) is 0 Å². The Labute approximate surface area is 81.0 Å². The van der Waals surface area contributed by atoms with Crippen molar-refractivity contribution in [3.63, 3.8) is 0 Å². The zero-order chi connectivity index (χ0) is 9.80. The lowest BCUT2D eigenvalue weighted by Gasteiger charge is -2.03. The Balaban J connectivity index is 1.98. The first kappa shape index (κ1) is 8.55.